The minimum absolute atomic E-state index is 0.180. The standard InChI is InChI=1S/C26H18ClN5O/c1-16-10-12-18(13-11-16)32-24-22(23-25(32)30-21-9-5-4-8-20(21)29-23)26(33)31(15-28-24)14-17-6-2-3-7-19(17)27/h2-13,15H,14H2,1H3. The number of benzene rings is 3. The van der Waals surface area contributed by atoms with Crippen LogP contribution in [0.5, 0.6) is 0 Å². The van der Waals surface area contributed by atoms with Crippen LogP contribution in [0.2, 0.25) is 5.02 Å². The number of aromatic nitrogens is 5. The van der Waals surface area contributed by atoms with Gasteiger partial charge in [0.2, 0.25) is 0 Å². The fourth-order valence-corrected chi connectivity index (χ4v) is 4.33. The van der Waals surface area contributed by atoms with Gasteiger partial charge in [-0.3, -0.25) is 13.9 Å². The zero-order valence-electron chi connectivity index (χ0n) is 17.7. The summed E-state index contributed by atoms with van der Waals surface area (Å²) >= 11 is 6.34. The van der Waals surface area contributed by atoms with E-state index in [1.165, 1.54) is 0 Å². The average Bonchev–Trinajstić information content (AvgIpc) is 3.15. The molecule has 0 aliphatic rings. The molecular formula is C26H18ClN5O. The van der Waals surface area contributed by atoms with Crippen molar-refractivity contribution in [2.45, 2.75) is 13.5 Å². The quantitative estimate of drug-likeness (QED) is 0.366. The fourth-order valence-electron chi connectivity index (χ4n) is 4.13. The molecule has 6 aromatic rings. The van der Waals surface area contributed by atoms with E-state index < -0.39 is 0 Å². The normalized spacial score (nSPS) is 11.6. The Labute approximate surface area is 193 Å². The predicted octanol–water partition coefficient (Wildman–Crippen LogP) is 5.29. The number of aryl methyl sites for hydroxylation is 1. The van der Waals surface area contributed by atoms with Gasteiger partial charge in [-0.25, -0.2) is 15.0 Å². The lowest BCUT2D eigenvalue weighted by Crippen LogP contribution is -2.21. The lowest BCUT2D eigenvalue weighted by molar-refractivity contribution is 0.747. The first-order valence-corrected chi connectivity index (χ1v) is 10.9. The Morgan fingerprint density at radius 2 is 1.55 bits per heavy atom. The van der Waals surface area contributed by atoms with E-state index in [1.54, 1.807) is 10.9 Å². The van der Waals surface area contributed by atoms with Crippen molar-refractivity contribution in [1.29, 1.82) is 0 Å². The van der Waals surface area contributed by atoms with Crippen molar-refractivity contribution in [1.82, 2.24) is 24.1 Å². The van der Waals surface area contributed by atoms with Crippen LogP contribution in [0, 0.1) is 6.92 Å². The molecule has 0 saturated heterocycles. The van der Waals surface area contributed by atoms with Gasteiger partial charge in [0.15, 0.2) is 11.3 Å². The van der Waals surface area contributed by atoms with Crippen LogP contribution in [0.3, 0.4) is 0 Å². The Hall–Kier alpha value is -4.03. The van der Waals surface area contributed by atoms with E-state index in [9.17, 15) is 4.79 Å². The van der Waals surface area contributed by atoms with Gasteiger partial charge in [-0.05, 0) is 42.8 Å². The van der Waals surface area contributed by atoms with E-state index >= 15 is 0 Å². The molecule has 0 spiro atoms. The molecule has 160 valence electrons. The molecule has 3 aromatic heterocycles. The van der Waals surface area contributed by atoms with E-state index in [-0.39, 0.29) is 5.56 Å². The molecule has 0 aliphatic heterocycles. The van der Waals surface area contributed by atoms with Gasteiger partial charge in [-0.2, -0.15) is 0 Å². The fraction of sp³-hybridized carbons (Fsp3) is 0.0769. The van der Waals surface area contributed by atoms with E-state index in [2.05, 4.69) is 0 Å². The van der Waals surface area contributed by atoms with Crippen molar-refractivity contribution >= 4 is 44.8 Å². The van der Waals surface area contributed by atoms with Gasteiger partial charge in [0, 0.05) is 10.7 Å². The molecule has 6 nitrogen and oxygen atoms in total. The van der Waals surface area contributed by atoms with Crippen LogP contribution in [0.25, 0.3) is 38.9 Å². The molecule has 0 radical (unpaired) electrons. The Balaban J connectivity index is 1.69. The van der Waals surface area contributed by atoms with Crippen molar-refractivity contribution in [2.24, 2.45) is 0 Å². The second kappa shape index (κ2) is 7.53. The lowest BCUT2D eigenvalue weighted by atomic mass is 10.2. The molecule has 33 heavy (non-hydrogen) atoms. The van der Waals surface area contributed by atoms with Crippen molar-refractivity contribution < 1.29 is 0 Å². The number of fused-ring (bicyclic) bond motifs is 4. The van der Waals surface area contributed by atoms with Crippen LogP contribution in [0.15, 0.2) is 83.9 Å². The van der Waals surface area contributed by atoms with Crippen LogP contribution in [-0.2, 0) is 6.54 Å². The van der Waals surface area contributed by atoms with E-state index in [1.807, 2.05) is 84.3 Å². The molecule has 7 heteroatoms. The molecule has 0 atom stereocenters. The summed E-state index contributed by atoms with van der Waals surface area (Å²) in [6.07, 6.45) is 1.57. The van der Waals surface area contributed by atoms with Gasteiger partial charge >= 0.3 is 0 Å². The second-order valence-corrected chi connectivity index (χ2v) is 8.43. The minimum Gasteiger partial charge on any atom is -0.294 e. The monoisotopic (exact) mass is 451 g/mol. The number of halogens is 1. The molecule has 0 aliphatic carbocycles. The van der Waals surface area contributed by atoms with E-state index in [4.69, 9.17) is 26.6 Å². The van der Waals surface area contributed by atoms with Gasteiger partial charge < -0.3 is 0 Å². The zero-order chi connectivity index (χ0) is 22.5. The Kier molecular flexibility index (Phi) is 4.48. The van der Waals surface area contributed by atoms with Gasteiger partial charge in [0.25, 0.3) is 5.56 Å². The molecule has 0 bridgehead atoms. The van der Waals surface area contributed by atoms with Gasteiger partial charge in [-0.1, -0.05) is 59.6 Å². The van der Waals surface area contributed by atoms with Crippen LogP contribution >= 0.6 is 11.6 Å². The van der Waals surface area contributed by atoms with Crippen molar-refractivity contribution in [3.63, 3.8) is 0 Å². The maximum absolute atomic E-state index is 13.7. The van der Waals surface area contributed by atoms with Crippen LogP contribution in [0.4, 0.5) is 0 Å². The maximum Gasteiger partial charge on any atom is 0.265 e. The Morgan fingerprint density at radius 1 is 0.848 bits per heavy atom. The molecule has 0 saturated carbocycles. The third kappa shape index (κ3) is 3.18. The zero-order valence-corrected chi connectivity index (χ0v) is 18.5. The molecule has 0 fully saturated rings. The molecule has 6 rings (SSSR count). The van der Waals surface area contributed by atoms with E-state index in [0.29, 0.717) is 33.8 Å². The Bertz CT molecular complexity index is 1730. The van der Waals surface area contributed by atoms with Crippen molar-refractivity contribution in [3.05, 3.63) is 106 Å². The molecule has 0 amide bonds. The molecular weight excluding hydrogens is 434 g/mol. The number of nitrogens with zero attached hydrogens (tertiary/aromatic N) is 5. The average molecular weight is 452 g/mol. The summed E-state index contributed by atoms with van der Waals surface area (Å²) in [5.74, 6) is 0. The Morgan fingerprint density at radius 3 is 2.30 bits per heavy atom. The molecule has 3 heterocycles. The van der Waals surface area contributed by atoms with Gasteiger partial charge in [0.1, 0.15) is 17.2 Å². The van der Waals surface area contributed by atoms with Crippen molar-refractivity contribution in [3.8, 4) is 5.69 Å². The highest BCUT2D eigenvalue weighted by Gasteiger charge is 2.21. The van der Waals surface area contributed by atoms with Crippen LogP contribution in [-0.4, -0.2) is 24.1 Å². The minimum atomic E-state index is -0.180. The van der Waals surface area contributed by atoms with Gasteiger partial charge in [-0.15, -0.1) is 0 Å². The summed E-state index contributed by atoms with van der Waals surface area (Å²) in [5.41, 5.74) is 5.85. The first-order valence-electron chi connectivity index (χ1n) is 10.6. The largest absolute Gasteiger partial charge is 0.294 e. The number of hydrogen-bond acceptors (Lipinski definition) is 4. The number of para-hydroxylation sites is 2. The number of hydrogen-bond donors (Lipinski definition) is 0. The van der Waals surface area contributed by atoms with Gasteiger partial charge in [0.05, 0.1) is 17.6 Å². The smallest absolute Gasteiger partial charge is 0.265 e. The highest BCUT2D eigenvalue weighted by molar-refractivity contribution is 6.31. The lowest BCUT2D eigenvalue weighted by Gasteiger charge is -2.09. The first-order chi connectivity index (χ1) is 16.1. The summed E-state index contributed by atoms with van der Waals surface area (Å²) in [6, 6.07) is 23.2. The summed E-state index contributed by atoms with van der Waals surface area (Å²) in [5, 5.41) is 1.05. The second-order valence-electron chi connectivity index (χ2n) is 8.02. The predicted molar refractivity (Wildman–Crippen MR) is 131 cm³/mol. The molecule has 0 unspecified atom stereocenters. The van der Waals surface area contributed by atoms with Crippen LogP contribution in [0.1, 0.15) is 11.1 Å². The van der Waals surface area contributed by atoms with E-state index in [0.717, 1.165) is 27.8 Å². The highest BCUT2D eigenvalue weighted by Crippen LogP contribution is 2.28. The summed E-state index contributed by atoms with van der Waals surface area (Å²) in [4.78, 5) is 28.1. The third-order valence-corrected chi connectivity index (χ3v) is 6.19. The molecule has 0 N–H and O–H groups in total. The summed E-state index contributed by atoms with van der Waals surface area (Å²) in [7, 11) is 0. The van der Waals surface area contributed by atoms with Crippen LogP contribution < -0.4 is 5.56 Å². The molecule has 3 aromatic carbocycles. The third-order valence-electron chi connectivity index (χ3n) is 5.82. The highest BCUT2D eigenvalue weighted by atomic mass is 35.5. The summed E-state index contributed by atoms with van der Waals surface area (Å²) < 4.78 is 3.48. The summed E-state index contributed by atoms with van der Waals surface area (Å²) in [6.45, 7) is 2.36. The topological polar surface area (TPSA) is 65.6 Å². The van der Waals surface area contributed by atoms with Crippen molar-refractivity contribution in [2.75, 3.05) is 0 Å². The first kappa shape index (κ1) is 19.6. The number of rotatable bonds is 3. The SMILES string of the molecule is Cc1ccc(-n2c3nc4ccccc4nc3c3c(=O)n(Cc4ccccc4Cl)cnc32)cc1. The maximum atomic E-state index is 13.7.